The fourth-order valence-corrected chi connectivity index (χ4v) is 4.19. The number of hydrogen-bond acceptors (Lipinski definition) is 7. The van der Waals surface area contributed by atoms with E-state index in [-0.39, 0.29) is 18.2 Å². The van der Waals surface area contributed by atoms with Gasteiger partial charge in [0.25, 0.3) is 5.91 Å². The number of nitrogen functional groups attached to an aromatic ring is 1. The number of nitrogens with one attached hydrogen (secondary N) is 1. The molecule has 0 saturated heterocycles. The molecule has 0 spiro atoms. The number of carbonyl (C=O) groups is 1. The van der Waals surface area contributed by atoms with Crippen LogP contribution in [0.25, 0.3) is 22.3 Å². The van der Waals surface area contributed by atoms with Gasteiger partial charge in [-0.2, -0.15) is 5.10 Å². The monoisotopic (exact) mass is 474 g/mol. The molecule has 1 amide bonds. The third kappa shape index (κ3) is 4.31. The average molecular weight is 474 g/mol. The zero-order valence-electron chi connectivity index (χ0n) is 18.9. The van der Waals surface area contributed by atoms with Crippen molar-refractivity contribution in [2.24, 2.45) is 0 Å². The van der Waals surface area contributed by atoms with Crippen LogP contribution in [0, 0.1) is 5.82 Å². The van der Waals surface area contributed by atoms with Crippen LogP contribution in [-0.4, -0.2) is 44.0 Å². The van der Waals surface area contributed by atoms with Crippen molar-refractivity contribution in [1.29, 1.82) is 0 Å². The lowest BCUT2D eigenvalue weighted by Gasteiger charge is -2.10. The number of aliphatic hydroxyl groups excluding tert-OH is 1. The van der Waals surface area contributed by atoms with Crippen LogP contribution in [0.5, 0.6) is 5.75 Å². The average Bonchev–Trinajstić information content (AvgIpc) is 3.47. The minimum atomic E-state index is -0.524. The van der Waals surface area contributed by atoms with E-state index in [9.17, 15) is 14.3 Å². The van der Waals surface area contributed by atoms with E-state index in [0.717, 1.165) is 17.2 Å². The first-order chi connectivity index (χ1) is 16.9. The molecule has 1 aliphatic carbocycles. The number of benzene rings is 2. The molecule has 4 N–H and O–H groups in total. The molecule has 2 atom stereocenters. The van der Waals surface area contributed by atoms with Gasteiger partial charge in [-0.1, -0.05) is 36.4 Å². The number of fused-ring (bicyclic) bond motifs is 1. The van der Waals surface area contributed by atoms with Crippen LogP contribution in [0.4, 0.5) is 10.2 Å². The Balaban J connectivity index is 1.39. The number of aromatic nitrogens is 4. The van der Waals surface area contributed by atoms with E-state index in [1.807, 2.05) is 30.3 Å². The number of rotatable bonds is 6. The third-order valence-electron chi connectivity index (χ3n) is 5.96. The second-order valence-corrected chi connectivity index (χ2v) is 8.23. The fourth-order valence-electron chi connectivity index (χ4n) is 4.19. The summed E-state index contributed by atoms with van der Waals surface area (Å²) < 4.78 is 20.5. The van der Waals surface area contributed by atoms with Crippen LogP contribution in [-0.2, 0) is 6.54 Å². The van der Waals surface area contributed by atoms with Gasteiger partial charge in [-0.25, -0.2) is 19.0 Å². The van der Waals surface area contributed by atoms with Gasteiger partial charge < -0.3 is 20.9 Å². The molecule has 0 bridgehead atoms. The molecular weight excluding hydrogens is 451 g/mol. The van der Waals surface area contributed by atoms with E-state index in [1.165, 1.54) is 25.6 Å². The lowest BCUT2D eigenvalue weighted by molar-refractivity contribution is 0.0947. The van der Waals surface area contributed by atoms with E-state index in [1.54, 1.807) is 10.8 Å². The molecule has 10 heteroatoms. The predicted octanol–water partition coefficient (Wildman–Crippen LogP) is 3.02. The molecule has 0 unspecified atom stereocenters. The SMILES string of the molecule is COc1ccc(F)cc1C(=O)NCc1ccc(-c2nn([C@H]3C=C[C@H](O)C3)c3ncnc(N)c23)cc1. The zero-order chi connectivity index (χ0) is 24.5. The second kappa shape index (κ2) is 9.15. The number of ether oxygens (including phenoxy) is 1. The van der Waals surface area contributed by atoms with E-state index in [2.05, 4.69) is 15.3 Å². The Hall–Kier alpha value is -4.31. The predicted molar refractivity (Wildman–Crippen MR) is 128 cm³/mol. The number of nitrogens with zero attached hydrogens (tertiary/aromatic N) is 4. The molecule has 9 nitrogen and oxygen atoms in total. The summed E-state index contributed by atoms with van der Waals surface area (Å²) in [6.07, 6.45) is 5.02. The standard InChI is InChI=1S/C25H23FN6O3/c1-35-20-9-6-16(26)10-19(20)25(34)28-12-14-2-4-15(5-3-14)22-21-23(27)29-13-30-24(21)32(31-22)17-7-8-18(33)11-17/h2-10,13,17-18,33H,11-12H2,1H3,(H,28,34)(H2,27,29,30)/t17-,18-/m0/s1. The summed E-state index contributed by atoms with van der Waals surface area (Å²) in [4.78, 5) is 21.1. The van der Waals surface area contributed by atoms with Gasteiger partial charge in [0.05, 0.1) is 30.2 Å². The highest BCUT2D eigenvalue weighted by Gasteiger charge is 2.25. The minimum absolute atomic E-state index is 0.127. The number of anilines is 1. The van der Waals surface area contributed by atoms with Crippen molar-refractivity contribution in [3.8, 4) is 17.0 Å². The highest BCUT2D eigenvalue weighted by Crippen LogP contribution is 2.34. The molecule has 178 valence electrons. The van der Waals surface area contributed by atoms with Crippen molar-refractivity contribution in [3.05, 3.63) is 77.9 Å². The first kappa shape index (κ1) is 22.5. The number of methoxy groups -OCH3 is 1. The lowest BCUT2D eigenvalue weighted by atomic mass is 10.1. The van der Waals surface area contributed by atoms with Crippen molar-refractivity contribution < 1.29 is 19.0 Å². The molecule has 2 heterocycles. The Morgan fingerprint density at radius 3 is 2.74 bits per heavy atom. The molecule has 0 radical (unpaired) electrons. The summed E-state index contributed by atoms with van der Waals surface area (Å²) in [7, 11) is 1.43. The summed E-state index contributed by atoms with van der Waals surface area (Å²) in [6.45, 7) is 0.240. The number of aliphatic hydroxyl groups is 1. The van der Waals surface area contributed by atoms with E-state index in [4.69, 9.17) is 15.6 Å². The molecule has 2 aromatic carbocycles. The maximum absolute atomic E-state index is 13.6. The molecule has 2 aromatic heterocycles. The Labute approximate surface area is 200 Å². The van der Waals surface area contributed by atoms with Gasteiger partial charge >= 0.3 is 0 Å². The Bertz CT molecular complexity index is 1430. The van der Waals surface area contributed by atoms with Gasteiger partial charge in [0.15, 0.2) is 5.65 Å². The fraction of sp³-hybridized carbons (Fsp3) is 0.200. The molecule has 0 fully saturated rings. The Morgan fingerprint density at radius 1 is 1.23 bits per heavy atom. The largest absolute Gasteiger partial charge is 0.496 e. The van der Waals surface area contributed by atoms with E-state index >= 15 is 0 Å². The number of amides is 1. The molecule has 1 aliphatic rings. The van der Waals surface area contributed by atoms with Crippen LogP contribution in [0.2, 0.25) is 0 Å². The molecule has 0 aliphatic heterocycles. The topological polar surface area (TPSA) is 128 Å². The maximum atomic E-state index is 13.6. The van der Waals surface area contributed by atoms with Crippen molar-refractivity contribution in [2.75, 3.05) is 12.8 Å². The van der Waals surface area contributed by atoms with Gasteiger partial charge in [0.2, 0.25) is 0 Å². The normalized spacial score (nSPS) is 17.1. The van der Waals surface area contributed by atoms with Crippen LogP contribution in [0.1, 0.15) is 28.4 Å². The van der Waals surface area contributed by atoms with Crippen LogP contribution in [0.15, 0.2) is 60.9 Å². The maximum Gasteiger partial charge on any atom is 0.255 e. The smallest absolute Gasteiger partial charge is 0.255 e. The Morgan fingerprint density at radius 2 is 2.03 bits per heavy atom. The summed E-state index contributed by atoms with van der Waals surface area (Å²) in [5.74, 6) is -0.338. The quantitative estimate of drug-likeness (QED) is 0.367. The Kier molecular flexibility index (Phi) is 5.87. The zero-order valence-corrected chi connectivity index (χ0v) is 18.9. The van der Waals surface area contributed by atoms with Crippen LogP contribution >= 0.6 is 0 Å². The van der Waals surface area contributed by atoms with Gasteiger partial charge in [0, 0.05) is 18.5 Å². The molecule has 0 saturated carbocycles. The second-order valence-electron chi connectivity index (χ2n) is 8.23. The first-order valence-corrected chi connectivity index (χ1v) is 11.0. The number of allylic oxidation sites excluding steroid dienone is 1. The van der Waals surface area contributed by atoms with E-state index < -0.39 is 17.8 Å². The third-order valence-corrected chi connectivity index (χ3v) is 5.96. The van der Waals surface area contributed by atoms with Crippen molar-refractivity contribution in [1.82, 2.24) is 25.1 Å². The minimum Gasteiger partial charge on any atom is -0.496 e. The van der Waals surface area contributed by atoms with Crippen LogP contribution < -0.4 is 15.8 Å². The van der Waals surface area contributed by atoms with Gasteiger partial charge in [-0.3, -0.25) is 4.79 Å². The van der Waals surface area contributed by atoms with Gasteiger partial charge in [0.1, 0.15) is 29.4 Å². The summed E-state index contributed by atoms with van der Waals surface area (Å²) >= 11 is 0. The summed E-state index contributed by atoms with van der Waals surface area (Å²) in [5, 5.41) is 18.1. The molecule has 4 aromatic rings. The number of hydrogen-bond donors (Lipinski definition) is 3. The summed E-state index contributed by atoms with van der Waals surface area (Å²) in [5.41, 5.74) is 9.18. The van der Waals surface area contributed by atoms with Crippen molar-refractivity contribution >= 4 is 22.8 Å². The van der Waals surface area contributed by atoms with Gasteiger partial charge in [-0.15, -0.1) is 0 Å². The van der Waals surface area contributed by atoms with Gasteiger partial charge in [-0.05, 0) is 23.8 Å². The van der Waals surface area contributed by atoms with E-state index in [0.29, 0.717) is 34.7 Å². The summed E-state index contributed by atoms with van der Waals surface area (Å²) in [6, 6.07) is 11.1. The van der Waals surface area contributed by atoms with Crippen molar-refractivity contribution in [3.63, 3.8) is 0 Å². The highest BCUT2D eigenvalue weighted by molar-refractivity contribution is 5.98. The number of nitrogens with two attached hydrogens (primary N) is 1. The lowest BCUT2D eigenvalue weighted by Crippen LogP contribution is -2.23. The number of halogens is 1. The first-order valence-electron chi connectivity index (χ1n) is 11.0. The molecule has 5 rings (SSSR count). The highest BCUT2D eigenvalue weighted by atomic mass is 19.1. The van der Waals surface area contributed by atoms with Crippen molar-refractivity contribution in [2.45, 2.75) is 25.1 Å². The molecular formula is C25H23FN6O3. The molecule has 35 heavy (non-hydrogen) atoms. The number of carbonyl (C=O) groups excluding carboxylic acids is 1. The van der Waals surface area contributed by atoms with Crippen LogP contribution in [0.3, 0.4) is 0 Å².